The van der Waals surface area contributed by atoms with Crippen LogP contribution in [0.1, 0.15) is 11.1 Å². The fraction of sp³-hybridized carbons (Fsp3) is 0.167. The first-order chi connectivity index (χ1) is 13.7. The lowest BCUT2D eigenvalue weighted by Crippen LogP contribution is -2.31. The number of fused-ring (bicyclic) bond motifs is 7. The quantitative estimate of drug-likeness (QED) is 0.477. The molecule has 28 heavy (non-hydrogen) atoms. The summed E-state index contributed by atoms with van der Waals surface area (Å²) in [5, 5.41) is 1.05. The standard InChI is InChI=1S/C24H18N2O2/c27-23-20-14-22-18-8-4-2-6-16(18)10-12-26(22)24(28)19(20)13-21-17-7-3-1-5-15(17)9-11-25(21)23/h1-8,13-14H,9-12H2. The molecule has 0 aliphatic carbocycles. The summed E-state index contributed by atoms with van der Waals surface area (Å²) in [7, 11) is 0. The molecule has 2 aliphatic heterocycles. The Kier molecular flexibility index (Phi) is 3.10. The van der Waals surface area contributed by atoms with E-state index in [4.69, 9.17) is 0 Å². The van der Waals surface area contributed by atoms with Crippen LogP contribution in [0.3, 0.4) is 0 Å². The Morgan fingerprint density at radius 1 is 0.607 bits per heavy atom. The highest BCUT2D eigenvalue weighted by atomic mass is 16.1. The zero-order valence-corrected chi connectivity index (χ0v) is 15.3. The highest BCUT2D eigenvalue weighted by molar-refractivity contribution is 5.89. The van der Waals surface area contributed by atoms with E-state index in [0.29, 0.717) is 23.9 Å². The number of rotatable bonds is 0. The van der Waals surface area contributed by atoms with Gasteiger partial charge in [-0.3, -0.25) is 9.59 Å². The van der Waals surface area contributed by atoms with E-state index in [9.17, 15) is 9.59 Å². The van der Waals surface area contributed by atoms with Crippen molar-refractivity contribution in [3.05, 3.63) is 92.5 Å². The molecule has 2 aliphatic rings. The molecule has 0 spiro atoms. The molecule has 0 radical (unpaired) electrons. The van der Waals surface area contributed by atoms with Gasteiger partial charge in [-0.05, 0) is 36.1 Å². The molecule has 0 unspecified atom stereocenters. The average molecular weight is 366 g/mol. The second kappa shape index (κ2) is 5.55. The number of pyridine rings is 2. The van der Waals surface area contributed by atoms with Crippen LogP contribution in [0.25, 0.3) is 33.3 Å². The Labute approximate surface area is 161 Å². The maximum absolute atomic E-state index is 13.3. The van der Waals surface area contributed by atoms with E-state index in [1.807, 2.05) is 57.7 Å². The lowest BCUT2D eigenvalue weighted by atomic mass is 9.94. The summed E-state index contributed by atoms with van der Waals surface area (Å²) in [6, 6.07) is 20.1. The van der Waals surface area contributed by atoms with Crippen molar-refractivity contribution >= 4 is 10.8 Å². The minimum Gasteiger partial charge on any atom is -0.307 e. The summed E-state index contributed by atoms with van der Waals surface area (Å²) in [5.74, 6) is 0. The van der Waals surface area contributed by atoms with Gasteiger partial charge in [0.15, 0.2) is 0 Å². The zero-order chi connectivity index (χ0) is 18.8. The van der Waals surface area contributed by atoms with E-state index in [0.717, 1.165) is 35.4 Å². The van der Waals surface area contributed by atoms with E-state index in [2.05, 4.69) is 12.1 Å². The Balaban J connectivity index is 1.72. The van der Waals surface area contributed by atoms with Gasteiger partial charge in [0.1, 0.15) is 0 Å². The molecular formula is C24H18N2O2. The lowest BCUT2D eigenvalue weighted by Gasteiger charge is -2.25. The molecule has 4 heterocycles. The van der Waals surface area contributed by atoms with Gasteiger partial charge in [-0.25, -0.2) is 0 Å². The van der Waals surface area contributed by atoms with Crippen LogP contribution in [-0.4, -0.2) is 9.13 Å². The molecule has 0 atom stereocenters. The van der Waals surface area contributed by atoms with Crippen molar-refractivity contribution in [3.8, 4) is 22.5 Å². The molecule has 4 heteroatoms. The zero-order valence-electron chi connectivity index (χ0n) is 15.3. The van der Waals surface area contributed by atoms with E-state index >= 15 is 0 Å². The summed E-state index contributed by atoms with van der Waals surface area (Å²) in [5.41, 5.74) is 6.15. The first-order valence-electron chi connectivity index (χ1n) is 9.70. The monoisotopic (exact) mass is 366 g/mol. The van der Waals surface area contributed by atoms with Gasteiger partial charge in [0.25, 0.3) is 11.1 Å². The molecule has 0 N–H and O–H groups in total. The van der Waals surface area contributed by atoms with E-state index in [1.54, 1.807) is 0 Å². The number of aromatic nitrogens is 2. The first kappa shape index (κ1) is 15.6. The van der Waals surface area contributed by atoms with Crippen molar-refractivity contribution in [1.29, 1.82) is 0 Å². The normalized spacial score (nSPS) is 14.1. The summed E-state index contributed by atoms with van der Waals surface area (Å²) >= 11 is 0. The molecule has 0 saturated heterocycles. The molecule has 4 aromatic rings. The fourth-order valence-corrected chi connectivity index (χ4v) is 4.78. The van der Waals surface area contributed by atoms with Crippen LogP contribution in [-0.2, 0) is 25.9 Å². The maximum Gasteiger partial charge on any atom is 0.259 e. The molecule has 2 aromatic heterocycles. The van der Waals surface area contributed by atoms with Gasteiger partial charge < -0.3 is 9.13 Å². The van der Waals surface area contributed by atoms with Crippen LogP contribution in [0.2, 0.25) is 0 Å². The van der Waals surface area contributed by atoms with Crippen molar-refractivity contribution in [2.45, 2.75) is 25.9 Å². The summed E-state index contributed by atoms with van der Waals surface area (Å²) in [6.45, 7) is 1.30. The van der Waals surface area contributed by atoms with Crippen LogP contribution < -0.4 is 11.1 Å². The smallest absolute Gasteiger partial charge is 0.259 e. The number of hydrogen-bond acceptors (Lipinski definition) is 2. The maximum atomic E-state index is 13.3. The van der Waals surface area contributed by atoms with E-state index < -0.39 is 0 Å². The van der Waals surface area contributed by atoms with Gasteiger partial charge in [0.2, 0.25) is 0 Å². The molecule has 0 bridgehead atoms. The summed E-state index contributed by atoms with van der Waals surface area (Å²) in [6.07, 6.45) is 1.67. The van der Waals surface area contributed by atoms with Crippen LogP contribution in [0.15, 0.2) is 70.3 Å². The highest BCUT2D eigenvalue weighted by Crippen LogP contribution is 2.32. The van der Waals surface area contributed by atoms with Crippen molar-refractivity contribution in [1.82, 2.24) is 9.13 Å². The Morgan fingerprint density at radius 2 is 1.04 bits per heavy atom. The number of hydrogen-bond donors (Lipinski definition) is 0. The lowest BCUT2D eigenvalue weighted by molar-refractivity contribution is 0.655. The number of aryl methyl sites for hydroxylation is 2. The van der Waals surface area contributed by atoms with Crippen molar-refractivity contribution < 1.29 is 0 Å². The molecule has 4 nitrogen and oxygen atoms in total. The van der Waals surface area contributed by atoms with E-state index in [-0.39, 0.29) is 11.1 Å². The van der Waals surface area contributed by atoms with Crippen molar-refractivity contribution in [2.24, 2.45) is 0 Å². The molecule has 0 amide bonds. The number of nitrogens with zero attached hydrogens (tertiary/aromatic N) is 2. The van der Waals surface area contributed by atoms with E-state index in [1.165, 1.54) is 11.1 Å². The van der Waals surface area contributed by atoms with Gasteiger partial charge in [-0.15, -0.1) is 0 Å². The third-order valence-electron chi connectivity index (χ3n) is 6.18. The largest absolute Gasteiger partial charge is 0.307 e. The molecule has 2 aromatic carbocycles. The van der Waals surface area contributed by atoms with Gasteiger partial charge in [0, 0.05) is 24.2 Å². The molecule has 6 rings (SSSR count). The molecule has 0 saturated carbocycles. The minimum atomic E-state index is -0.0643. The second-order valence-corrected chi connectivity index (χ2v) is 7.61. The van der Waals surface area contributed by atoms with Crippen LogP contribution in [0, 0.1) is 0 Å². The van der Waals surface area contributed by atoms with Crippen molar-refractivity contribution in [3.63, 3.8) is 0 Å². The summed E-state index contributed by atoms with van der Waals surface area (Å²) in [4.78, 5) is 26.7. The number of benzene rings is 2. The highest BCUT2D eigenvalue weighted by Gasteiger charge is 2.23. The second-order valence-electron chi connectivity index (χ2n) is 7.61. The molecule has 136 valence electrons. The minimum absolute atomic E-state index is 0.0643. The van der Waals surface area contributed by atoms with Crippen LogP contribution in [0.4, 0.5) is 0 Å². The third-order valence-corrected chi connectivity index (χ3v) is 6.18. The molecular weight excluding hydrogens is 348 g/mol. The fourth-order valence-electron chi connectivity index (χ4n) is 4.78. The average Bonchev–Trinajstić information content (AvgIpc) is 2.74. The Hall–Kier alpha value is -3.40. The topological polar surface area (TPSA) is 44.0 Å². The predicted molar refractivity (Wildman–Crippen MR) is 111 cm³/mol. The first-order valence-corrected chi connectivity index (χ1v) is 9.70. The SMILES string of the molecule is O=c1c2cc3n(c(=O)c2cc2n1CCc1ccccc1-2)CCc1ccccc1-3. The molecule has 0 fully saturated rings. The van der Waals surface area contributed by atoms with Gasteiger partial charge in [-0.2, -0.15) is 0 Å². The van der Waals surface area contributed by atoms with Gasteiger partial charge >= 0.3 is 0 Å². The van der Waals surface area contributed by atoms with Crippen molar-refractivity contribution in [2.75, 3.05) is 0 Å². The van der Waals surface area contributed by atoms with Crippen LogP contribution in [0.5, 0.6) is 0 Å². The third kappa shape index (κ3) is 2.00. The predicted octanol–water partition coefficient (Wildman–Crippen LogP) is 3.61. The Bertz CT molecular complexity index is 1300. The van der Waals surface area contributed by atoms with Gasteiger partial charge in [0.05, 0.1) is 22.2 Å². The summed E-state index contributed by atoms with van der Waals surface area (Å²) < 4.78 is 3.66. The van der Waals surface area contributed by atoms with Gasteiger partial charge in [-0.1, -0.05) is 48.5 Å². The Morgan fingerprint density at radius 3 is 1.50 bits per heavy atom. The van der Waals surface area contributed by atoms with Crippen LogP contribution >= 0.6 is 0 Å².